The van der Waals surface area contributed by atoms with Gasteiger partial charge in [-0.1, -0.05) is 30.3 Å². The van der Waals surface area contributed by atoms with Crippen LogP contribution in [0.4, 0.5) is 0 Å². The summed E-state index contributed by atoms with van der Waals surface area (Å²) in [5.41, 5.74) is 1.32. The molecule has 2 rings (SSSR count). The Hall–Kier alpha value is -1.13. The third-order valence-corrected chi connectivity index (χ3v) is 3.77. The van der Waals surface area contributed by atoms with Gasteiger partial charge >= 0.3 is 0 Å². The monoisotopic (exact) mass is 263 g/mol. The molecule has 0 unspecified atom stereocenters. The van der Waals surface area contributed by atoms with Crippen LogP contribution in [0.5, 0.6) is 0 Å². The van der Waals surface area contributed by atoms with Crippen molar-refractivity contribution in [3.8, 4) is 0 Å². The zero-order valence-corrected chi connectivity index (χ0v) is 11.7. The molecule has 1 aromatic rings. The van der Waals surface area contributed by atoms with E-state index in [1.807, 2.05) is 0 Å². The molecule has 1 heterocycles. The van der Waals surface area contributed by atoms with Crippen molar-refractivity contribution in [3.63, 3.8) is 0 Å². The first kappa shape index (κ1) is 13.3. The van der Waals surface area contributed by atoms with Crippen molar-refractivity contribution in [1.82, 2.24) is 15.1 Å². The Morgan fingerprint density at radius 3 is 2.56 bits per heavy atom. The lowest BCUT2D eigenvalue weighted by Crippen LogP contribution is -2.51. The van der Waals surface area contributed by atoms with E-state index in [1.54, 1.807) is 0 Å². The molecule has 0 atom stereocenters. The van der Waals surface area contributed by atoms with E-state index in [-0.39, 0.29) is 0 Å². The Kier molecular flexibility index (Phi) is 4.96. The van der Waals surface area contributed by atoms with Crippen LogP contribution in [-0.4, -0.2) is 47.6 Å². The first-order valence-corrected chi connectivity index (χ1v) is 7.00. The maximum Gasteiger partial charge on any atom is 0.171 e. The van der Waals surface area contributed by atoms with E-state index in [4.69, 9.17) is 12.2 Å². The Morgan fingerprint density at radius 1 is 1.28 bits per heavy atom. The lowest BCUT2D eigenvalue weighted by molar-refractivity contribution is 0.301. The van der Waals surface area contributed by atoms with E-state index >= 15 is 0 Å². The summed E-state index contributed by atoms with van der Waals surface area (Å²) in [5, 5.41) is 4.35. The highest BCUT2D eigenvalue weighted by Gasteiger charge is 2.17. The molecule has 1 N–H and O–H groups in total. The Bertz CT molecular complexity index is 374. The standard InChI is InChI=1S/C14H21N3S/c1-2-16(12-13-6-4-3-5-7-13)14(18)17-10-8-15-9-11-17/h3-7,15H,2,8-12H2,1H3. The minimum Gasteiger partial charge on any atom is -0.347 e. The molecule has 0 aromatic heterocycles. The van der Waals surface area contributed by atoms with Crippen LogP contribution in [0.2, 0.25) is 0 Å². The van der Waals surface area contributed by atoms with Gasteiger partial charge in [0, 0.05) is 39.3 Å². The maximum absolute atomic E-state index is 5.62. The normalized spacial score (nSPS) is 15.5. The van der Waals surface area contributed by atoms with Crippen molar-refractivity contribution in [2.24, 2.45) is 0 Å². The summed E-state index contributed by atoms with van der Waals surface area (Å²) >= 11 is 5.62. The third-order valence-electron chi connectivity index (χ3n) is 3.26. The minimum atomic E-state index is 0.903. The highest BCUT2D eigenvalue weighted by Crippen LogP contribution is 2.08. The quantitative estimate of drug-likeness (QED) is 0.836. The van der Waals surface area contributed by atoms with Gasteiger partial charge in [0.1, 0.15) is 0 Å². The number of rotatable bonds is 3. The van der Waals surface area contributed by atoms with Crippen molar-refractivity contribution in [1.29, 1.82) is 0 Å². The second-order valence-electron chi connectivity index (χ2n) is 4.52. The van der Waals surface area contributed by atoms with Crippen LogP contribution < -0.4 is 5.32 Å². The molecule has 1 aliphatic rings. The molecule has 1 saturated heterocycles. The summed E-state index contributed by atoms with van der Waals surface area (Å²) < 4.78 is 0. The van der Waals surface area contributed by atoms with Gasteiger partial charge in [0.25, 0.3) is 0 Å². The zero-order valence-electron chi connectivity index (χ0n) is 10.9. The number of hydrogen-bond acceptors (Lipinski definition) is 2. The molecule has 0 saturated carbocycles. The molecular formula is C14H21N3S. The zero-order chi connectivity index (χ0) is 12.8. The summed E-state index contributed by atoms with van der Waals surface area (Å²) in [6.07, 6.45) is 0. The molecule has 0 aliphatic carbocycles. The van der Waals surface area contributed by atoms with Crippen molar-refractivity contribution < 1.29 is 0 Å². The fourth-order valence-corrected chi connectivity index (χ4v) is 2.55. The molecule has 3 nitrogen and oxygen atoms in total. The van der Waals surface area contributed by atoms with Gasteiger partial charge in [-0.25, -0.2) is 0 Å². The average molecular weight is 263 g/mol. The van der Waals surface area contributed by atoms with Crippen molar-refractivity contribution in [2.45, 2.75) is 13.5 Å². The van der Waals surface area contributed by atoms with E-state index in [2.05, 4.69) is 52.4 Å². The molecule has 4 heteroatoms. The van der Waals surface area contributed by atoms with Crippen LogP contribution in [0, 0.1) is 0 Å². The van der Waals surface area contributed by atoms with Crippen LogP contribution in [0.15, 0.2) is 30.3 Å². The van der Waals surface area contributed by atoms with E-state index in [0.29, 0.717) is 0 Å². The SMILES string of the molecule is CCN(Cc1ccccc1)C(=S)N1CCNCC1. The molecule has 18 heavy (non-hydrogen) atoms. The Morgan fingerprint density at radius 2 is 1.94 bits per heavy atom. The molecule has 1 fully saturated rings. The Balaban J connectivity index is 1.97. The molecule has 0 spiro atoms. The summed E-state index contributed by atoms with van der Waals surface area (Å²) in [4.78, 5) is 4.58. The van der Waals surface area contributed by atoms with Crippen LogP contribution in [-0.2, 0) is 6.54 Å². The molecular weight excluding hydrogens is 242 g/mol. The summed E-state index contributed by atoms with van der Waals surface area (Å²) in [6.45, 7) is 8.12. The lowest BCUT2D eigenvalue weighted by Gasteiger charge is -2.35. The number of thiocarbonyl (C=S) groups is 1. The molecule has 0 bridgehead atoms. The average Bonchev–Trinajstić information content (AvgIpc) is 2.46. The third kappa shape index (κ3) is 3.43. The van der Waals surface area contributed by atoms with E-state index in [1.165, 1.54) is 5.56 Å². The van der Waals surface area contributed by atoms with Gasteiger partial charge in [0.15, 0.2) is 5.11 Å². The second-order valence-corrected chi connectivity index (χ2v) is 4.88. The summed E-state index contributed by atoms with van der Waals surface area (Å²) in [5.74, 6) is 0. The van der Waals surface area contributed by atoms with Gasteiger partial charge in [-0.2, -0.15) is 0 Å². The van der Waals surface area contributed by atoms with Crippen LogP contribution in [0.1, 0.15) is 12.5 Å². The number of hydrogen-bond donors (Lipinski definition) is 1. The second kappa shape index (κ2) is 6.71. The highest BCUT2D eigenvalue weighted by molar-refractivity contribution is 7.80. The van der Waals surface area contributed by atoms with Gasteiger partial charge in [-0.3, -0.25) is 0 Å². The topological polar surface area (TPSA) is 18.5 Å². The van der Waals surface area contributed by atoms with Gasteiger partial charge in [-0.15, -0.1) is 0 Å². The van der Waals surface area contributed by atoms with Crippen molar-refractivity contribution in [2.75, 3.05) is 32.7 Å². The summed E-state index contributed by atoms with van der Waals surface area (Å²) in [6, 6.07) is 10.5. The van der Waals surface area contributed by atoms with Crippen molar-refractivity contribution in [3.05, 3.63) is 35.9 Å². The van der Waals surface area contributed by atoms with Gasteiger partial charge in [0.2, 0.25) is 0 Å². The number of nitrogens with one attached hydrogen (secondary N) is 1. The smallest absolute Gasteiger partial charge is 0.171 e. The van der Waals surface area contributed by atoms with E-state index in [9.17, 15) is 0 Å². The Labute approximate surface area is 115 Å². The molecule has 1 aliphatic heterocycles. The van der Waals surface area contributed by atoms with Crippen LogP contribution in [0.25, 0.3) is 0 Å². The van der Waals surface area contributed by atoms with Gasteiger partial charge < -0.3 is 15.1 Å². The van der Waals surface area contributed by atoms with Crippen molar-refractivity contribution >= 4 is 17.3 Å². The van der Waals surface area contributed by atoms with E-state index < -0.39 is 0 Å². The minimum absolute atomic E-state index is 0.903. The predicted molar refractivity (Wildman–Crippen MR) is 79.6 cm³/mol. The lowest BCUT2D eigenvalue weighted by atomic mass is 10.2. The fourth-order valence-electron chi connectivity index (χ4n) is 2.17. The fraction of sp³-hybridized carbons (Fsp3) is 0.500. The van der Waals surface area contributed by atoms with Crippen LogP contribution in [0.3, 0.4) is 0 Å². The van der Waals surface area contributed by atoms with E-state index in [0.717, 1.165) is 44.4 Å². The summed E-state index contributed by atoms with van der Waals surface area (Å²) in [7, 11) is 0. The molecule has 1 aromatic carbocycles. The largest absolute Gasteiger partial charge is 0.347 e. The van der Waals surface area contributed by atoms with Gasteiger partial charge in [0.05, 0.1) is 0 Å². The molecule has 0 radical (unpaired) electrons. The number of piperazine rings is 1. The highest BCUT2D eigenvalue weighted by atomic mass is 32.1. The first-order chi connectivity index (χ1) is 8.81. The maximum atomic E-state index is 5.62. The molecule has 0 amide bonds. The van der Waals surface area contributed by atoms with Crippen LogP contribution >= 0.6 is 12.2 Å². The predicted octanol–water partition coefficient (Wildman–Crippen LogP) is 1.70. The first-order valence-electron chi connectivity index (χ1n) is 6.59. The number of nitrogens with zero attached hydrogens (tertiary/aromatic N) is 2. The van der Waals surface area contributed by atoms with Gasteiger partial charge in [-0.05, 0) is 24.7 Å². The molecule has 98 valence electrons. The number of benzene rings is 1.